The van der Waals surface area contributed by atoms with Crippen LogP contribution in [0.2, 0.25) is 0 Å². The van der Waals surface area contributed by atoms with Gasteiger partial charge < -0.3 is 14.8 Å². The smallest absolute Gasteiger partial charge is 0.131 e. The van der Waals surface area contributed by atoms with Gasteiger partial charge >= 0.3 is 0 Å². The second kappa shape index (κ2) is 5.33. The van der Waals surface area contributed by atoms with Crippen LogP contribution in [0.25, 0.3) is 11.1 Å². The van der Waals surface area contributed by atoms with Crippen molar-refractivity contribution in [2.24, 2.45) is 0 Å². The Kier molecular flexibility index (Phi) is 3.38. The summed E-state index contributed by atoms with van der Waals surface area (Å²) in [6.45, 7) is 2.45. The van der Waals surface area contributed by atoms with Gasteiger partial charge in [-0.05, 0) is 17.7 Å². The van der Waals surface area contributed by atoms with Crippen LogP contribution in [0.4, 0.5) is 0 Å². The monoisotopic (exact) mass is 255 g/mol. The van der Waals surface area contributed by atoms with Crippen LogP contribution < -0.4 is 14.8 Å². The minimum Gasteiger partial charge on any atom is -0.497 e. The highest BCUT2D eigenvalue weighted by Crippen LogP contribution is 2.34. The second-order valence-electron chi connectivity index (χ2n) is 4.55. The summed E-state index contributed by atoms with van der Waals surface area (Å²) in [4.78, 5) is 0. The van der Waals surface area contributed by atoms with Gasteiger partial charge in [0.15, 0.2) is 0 Å². The number of ether oxygens (including phenoxy) is 2. The molecule has 1 aliphatic rings. The normalized spacial score (nSPS) is 14.2. The summed E-state index contributed by atoms with van der Waals surface area (Å²) in [7, 11) is 1.68. The van der Waals surface area contributed by atoms with E-state index in [0.717, 1.165) is 35.7 Å². The predicted molar refractivity (Wildman–Crippen MR) is 75.6 cm³/mol. The molecule has 0 radical (unpaired) electrons. The quantitative estimate of drug-likeness (QED) is 0.895. The van der Waals surface area contributed by atoms with Crippen LogP contribution in [0.5, 0.6) is 11.5 Å². The Labute approximate surface area is 113 Å². The molecule has 3 heteroatoms. The fourth-order valence-corrected chi connectivity index (χ4v) is 2.34. The molecular weight excluding hydrogens is 238 g/mol. The maximum Gasteiger partial charge on any atom is 0.131 e. The lowest BCUT2D eigenvalue weighted by Crippen LogP contribution is -2.16. The van der Waals surface area contributed by atoms with Gasteiger partial charge in [-0.1, -0.05) is 30.3 Å². The number of rotatable bonds is 2. The lowest BCUT2D eigenvalue weighted by Gasteiger charge is -2.13. The molecule has 1 heterocycles. The minimum absolute atomic E-state index is 0.709. The summed E-state index contributed by atoms with van der Waals surface area (Å²) in [5.41, 5.74) is 3.51. The summed E-state index contributed by atoms with van der Waals surface area (Å²) in [5.74, 6) is 1.87. The van der Waals surface area contributed by atoms with Crippen molar-refractivity contribution in [1.82, 2.24) is 5.32 Å². The van der Waals surface area contributed by atoms with E-state index in [4.69, 9.17) is 9.47 Å². The first-order chi connectivity index (χ1) is 9.38. The molecular formula is C16H17NO2. The average molecular weight is 255 g/mol. The Balaban J connectivity index is 2.04. The van der Waals surface area contributed by atoms with Gasteiger partial charge in [-0.15, -0.1) is 0 Å². The minimum atomic E-state index is 0.709. The lowest BCUT2D eigenvalue weighted by atomic mass is 10.0. The van der Waals surface area contributed by atoms with Crippen molar-refractivity contribution in [2.45, 2.75) is 6.54 Å². The maximum atomic E-state index is 5.90. The molecule has 3 rings (SSSR count). The van der Waals surface area contributed by atoms with Gasteiger partial charge in [0.2, 0.25) is 0 Å². The third-order valence-electron chi connectivity index (χ3n) is 3.34. The van der Waals surface area contributed by atoms with E-state index in [1.807, 2.05) is 12.1 Å². The first-order valence-corrected chi connectivity index (χ1v) is 6.48. The summed E-state index contributed by atoms with van der Waals surface area (Å²) in [6, 6.07) is 14.4. The fourth-order valence-electron chi connectivity index (χ4n) is 2.34. The van der Waals surface area contributed by atoms with Gasteiger partial charge in [0.25, 0.3) is 0 Å². The Hall–Kier alpha value is -2.00. The zero-order valence-electron chi connectivity index (χ0n) is 11.0. The summed E-state index contributed by atoms with van der Waals surface area (Å²) in [6.07, 6.45) is 0. The number of hydrogen-bond donors (Lipinski definition) is 1. The van der Waals surface area contributed by atoms with Crippen molar-refractivity contribution < 1.29 is 9.47 Å². The van der Waals surface area contributed by atoms with Crippen molar-refractivity contribution >= 4 is 0 Å². The molecule has 1 aliphatic heterocycles. The Morgan fingerprint density at radius 2 is 1.95 bits per heavy atom. The molecule has 2 aromatic rings. The molecule has 0 amide bonds. The number of methoxy groups -OCH3 is 1. The first kappa shape index (κ1) is 12.1. The Bertz CT molecular complexity index is 563. The van der Waals surface area contributed by atoms with E-state index in [1.54, 1.807) is 7.11 Å². The van der Waals surface area contributed by atoms with Gasteiger partial charge in [-0.2, -0.15) is 0 Å². The van der Waals surface area contributed by atoms with Gasteiger partial charge in [0.1, 0.15) is 18.1 Å². The Morgan fingerprint density at radius 1 is 1.11 bits per heavy atom. The number of hydrogen-bond acceptors (Lipinski definition) is 3. The van der Waals surface area contributed by atoms with E-state index in [0.29, 0.717) is 6.61 Å². The highest BCUT2D eigenvalue weighted by atomic mass is 16.5. The van der Waals surface area contributed by atoms with Crippen LogP contribution in [-0.2, 0) is 6.54 Å². The molecule has 0 atom stereocenters. The van der Waals surface area contributed by atoms with Crippen LogP contribution >= 0.6 is 0 Å². The lowest BCUT2D eigenvalue weighted by molar-refractivity contribution is 0.327. The van der Waals surface area contributed by atoms with E-state index in [1.165, 1.54) is 5.56 Å². The van der Waals surface area contributed by atoms with E-state index >= 15 is 0 Å². The van der Waals surface area contributed by atoms with Gasteiger partial charge in [0.05, 0.1) is 7.11 Å². The molecule has 3 nitrogen and oxygen atoms in total. The van der Waals surface area contributed by atoms with Crippen molar-refractivity contribution in [1.29, 1.82) is 0 Å². The fraction of sp³-hybridized carbons (Fsp3) is 0.250. The summed E-state index contributed by atoms with van der Waals surface area (Å²) >= 11 is 0. The number of benzene rings is 2. The first-order valence-electron chi connectivity index (χ1n) is 6.48. The maximum absolute atomic E-state index is 5.90. The largest absolute Gasteiger partial charge is 0.497 e. The standard InChI is InChI=1S/C16H17NO2/c1-18-14-7-5-12(6-8-14)15-4-2-3-13-11-17-9-10-19-16(13)15/h2-8,17H,9-11H2,1H3. The number of fused-ring (bicyclic) bond motifs is 1. The van der Waals surface area contributed by atoms with Crippen molar-refractivity contribution in [2.75, 3.05) is 20.3 Å². The van der Waals surface area contributed by atoms with Crippen LogP contribution in [0, 0.1) is 0 Å². The Morgan fingerprint density at radius 3 is 2.74 bits per heavy atom. The second-order valence-corrected chi connectivity index (χ2v) is 4.55. The van der Waals surface area contributed by atoms with E-state index in [-0.39, 0.29) is 0 Å². The molecule has 1 N–H and O–H groups in total. The van der Waals surface area contributed by atoms with Crippen molar-refractivity contribution in [3.63, 3.8) is 0 Å². The van der Waals surface area contributed by atoms with E-state index in [9.17, 15) is 0 Å². The van der Waals surface area contributed by atoms with Crippen LogP contribution in [-0.4, -0.2) is 20.3 Å². The van der Waals surface area contributed by atoms with Crippen LogP contribution in [0.3, 0.4) is 0 Å². The molecule has 0 aliphatic carbocycles. The molecule has 0 aromatic heterocycles. The summed E-state index contributed by atoms with van der Waals surface area (Å²) in [5, 5.41) is 3.36. The summed E-state index contributed by atoms with van der Waals surface area (Å²) < 4.78 is 11.1. The van der Waals surface area contributed by atoms with Gasteiger partial charge in [-0.3, -0.25) is 0 Å². The average Bonchev–Trinajstić information content (AvgIpc) is 2.72. The zero-order valence-corrected chi connectivity index (χ0v) is 11.0. The molecule has 0 bridgehead atoms. The predicted octanol–water partition coefficient (Wildman–Crippen LogP) is 2.84. The van der Waals surface area contributed by atoms with Gasteiger partial charge in [-0.25, -0.2) is 0 Å². The third kappa shape index (κ3) is 2.42. The van der Waals surface area contributed by atoms with Gasteiger partial charge in [0, 0.05) is 24.2 Å². The molecule has 0 spiro atoms. The van der Waals surface area contributed by atoms with Crippen molar-refractivity contribution in [3.8, 4) is 22.6 Å². The van der Waals surface area contributed by atoms with Crippen LogP contribution in [0.15, 0.2) is 42.5 Å². The number of nitrogens with one attached hydrogen (secondary N) is 1. The van der Waals surface area contributed by atoms with Crippen molar-refractivity contribution in [3.05, 3.63) is 48.0 Å². The molecule has 0 unspecified atom stereocenters. The number of para-hydroxylation sites is 1. The topological polar surface area (TPSA) is 30.5 Å². The highest BCUT2D eigenvalue weighted by Gasteiger charge is 2.13. The molecule has 0 saturated heterocycles. The highest BCUT2D eigenvalue weighted by molar-refractivity contribution is 5.72. The van der Waals surface area contributed by atoms with E-state index in [2.05, 4.69) is 35.6 Å². The zero-order chi connectivity index (χ0) is 13.1. The third-order valence-corrected chi connectivity index (χ3v) is 3.34. The molecule has 0 saturated carbocycles. The SMILES string of the molecule is COc1ccc(-c2cccc3c2OCCNC3)cc1. The molecule has 2 aromatic carbocycles. The van der Waals surface area contributed by atoms with Crippen LogP contribution in [0.1, 0.15) is 5.56 Å². The molecule has 98 valence electrons. The van der Waals surface area contributed by atoms with E-state index < -0.39 is 0 Å². The molecule has 0 fully saturated rings. The molecule has 19 heavy (non-hydrogen) atoms.